The van der Waals surface area contributed by atoms with Gasteiger partial charge < -0.3 is 30.5 Å². The SMILES string of the molecule is COc1c(CN2O[C@@H](CO)[C@@H]([C@H](C)O)[C@H]2C(=O)N[C@H]2C[C@@H]3C[C@@H]([C@@H]2C)C3(C)C)cccc1-c1cc(C(=O)NCCc2cccs2)cc(N(C)C)c1. The first-order valence-electron chi connectivity index (χ1n) is 18.2. The molecule has 0 radical (unpaired) electrons. The van der Waals surface area contributed by atoms with E-state index in [0.29, 0.717) is 35.6 Å². The number of nitrogens with zero attached hydrogens (tertiary/aromatic N) is 2. The monoisotopic (exact) mass is 718 g/mol. The number of methoxy groups -OCH3 is 1. The Balaban J connectivity index is 1.26. The van der Waals surface area contributed by atoms with Gasteiger partial charge in [0, 0.05) is 59.9 Å². The van der Waals surface area contributed by atoms with Crippen molar-refractivity contribution in [1.29, 1.82) is 0 Å². The summed E-state index contributed by atoms with van der Waals surface area (Å²) in [5.41, 5.74) is 4.06. The molecule has 3 aromatic rings. The fourth-order valence-electron chi connectivity index (χ4n) is 8.84. The molecule has 4 N–H and O–H groups in total. The van der Waals surface area contributed by atoms with Crippen LogP contribution in [-0.4, -0.2) is 85.7 Å². The van der Waals surface area contributed by atoms with Crippen LogP contribution >= 0.6 is 11.3 Å². The molecule has 1 aromatic heterocycles. The molecule has 4 fully saturated rings. The van der Waals surface area contributed by atoms with E-state index < -0.39 is 24.2 Å². The van der Waals surface area contributed by atoms with Gasteiger partial charge in [0.2, 0.25) is 5.91 Å². The molecule has 8 atom stereocenters. The van der Waals surface area contributed by atoms with Gasteiger partial charge in [-0.3, -0.25) is 14.4 Å². The molecule has 2 heterocycles. The molecule has 2 aromatic carbocycles. The van der Waals surface area contributed by atoms with Gasteiger partial charge >= 0.3 is 0 Å². The number of aliphatic hydroxyl groups excluding tert-OH is 2. The molecule has 4 aliphatic rings. The molecule has 3 saturated carbocycles. The summed E-state index contributed by atoms with van der Waals surface area (Å²) in [4.78, 5) is 37.0. The van der Waals surface area contributed by atoms with Crippen LogP contribution in [0.1, 0.15) is 61.3 Å². The predicted octanol–water partition coefficient (Wildman–Crippen LogP) is 5.12. The molecule has 10 nitrogen and oxygen atoms in total. The topological polar surface area (TPSA) is 124 Å². The number of fused-ring (bicyclic) bond motifs is 2. The van der Waals surface area contributed by atoms with Gasteiger partial charge in [0.05, 0.1) is 26.4 Å². The van der Waals surface area contributed by atoms with Gasteiger partial charge in [-0.05, 0) is 84.6 Å². The zero-order chi connectivity index (χ0) is 36.6. The Labute approximate surface area is 306 Å². The first kappa shape index (κ1) is 37.3. The van der Waals surface area contributed by atoms with Crippen LogP contribution in [-0.2, 0) is 22.6 Å². The summed E-state index contributed by atoms with van der Waals surface area (Å²) in [7, 11) is 5.49. The minimum Gasteiger partial charge on any atom is -0.496 e. The number of hydrogen-bond donors (Lipinski definition) is 4. The fourth-order valence-corrected chi connectivity index (χ4v) is 9.55. The summed E-state index contributed by atoms with van der Waals surface area (Å²) in [6.07, 6.45) is 1.27. The average Bonchev–Trinajstić information content (AvgIpc) is 3.76. The zero-order valence-corrected chi connectivity index (χ0v) is 31.7. The predicted molar refractivity (Wildman–Crippen MR) is 201 cm³/mol. The van der Waals surface area contributed by atoms with Crippen LogP contribution < -0.4 is 20.3 Å². The summed E-state index contributed by atoms with van der Waals surface area (Å²) < 4.78 is 6.05. The number of hydroxylamine groups is 2. The number of carbonyl (C=O) groups is 2. The standard InChI is InChI=1S/C40H54N4O6S/c1-23-32-19-28(40(32,3)4)20-33(23)42-39(48)36-35(24(2)46)34(22-45)50-44(36)21-25-10-8-12-31(37(25)49-7)26-16-27(18-29(17-26)43(5)6)38(47)41-14-13-30-11-9-15-51-30/h8-12,15-18,23-24,28,32-36,45-46H,13-14,19-22H2,1-7H3,(H,41,47)(H,42,48)/t23-,24-,28-,32-,33-,34-,35+,36-/m0/s1. The fraction of sp³-hybridized carbons (Fsp3) is 0.550. The molecule has 7 rings (SSSR count). The Bertz CT molecular complexity index is 1690. The average molecular weight is 719 g/mol. The number of benzene rings is 2. The number of thiophene rings is 1. The van der Waals surface area contributed by atoms with Crippen molar-refractivity contribution in [3.05, 3.63) is 69.9 Å². The minimum absolute atomic E-state index is 0.0443. The van der Waals surface area contributed by atoms with Crippen molar-refractivity contribution < 1.29 is 29.4 Å². The molecule has 2 bridgehead atoms. The van der Waals surface area contributed by atoms with Crippen LogP contribution in [0.2, 0.25) is 0 Å². The number of para-hydroxylation sites is 1. The summed E-state index contributed by atoms with van der Waals surface area (Å²) in [6.45, 7) is 8.94. The molecule has 3 aliphatic carbocycles. The van der Waals surface area contributed by atoms with Crippen molar-refractivity contribution in [2.75, 3.05) is 39.3 Å². The van der Waals surface area contributed by atoms with E-state index in [1.165, 1.54) is 11.3 Å². The van der Waals surface area contributed by atoms with Crippen molar-refractivity contribution in [2.45, 2.75) is 77.8 Å². The number of hydrogen-bond acceptors (Lipinski definition) is 9. The maximum atomic E-state index is 14.2. The van der Waals surface area contributed by atoms with Gasteiger partial charge in [-0.25, -0.2) is 0 Å². The number of anilines is 1. The lowest BCUT2D eigenvalue weighted by Crippen LogP contribution is -2.62. The van der Waals surface area contributed by atoms with Gasteiger partial charge in [-0.1, -0.05) is 45.0 Å². The van der Waals surface area contributed by atoms with Crippen molar-refractivity contribution in [3.8, 4) is 16.9 Å². The number of aliphatic hydroxyl groups is 2. The molecule has 276 valence electrons. The smallest absolute Gasteiger partial charge is 0.251 e. The zero-order valence-electron chi connectivity index (χ0n) is 30.9. The van der Waals surface area contributed by atoms with Crippen molar-refractivity contribution in [3.63, 3.8) is 0 Å². The van der Waals surface area contributed by atoms with Crippen LogP contribution in [0.4, 0.5) is 5.69 Å². The van der Waals surface area contributed by atoms with E-state index in [1.807, 2.05) is 66.8 Å². The van der Waals surface area contributed by atoms with E-state index in [2.05, 4.69) is 37.5 Å². The van der Waals surface area contributed by atoms with Gasteiger partial charge in [0.1, 0.15) is 17.9 Å². The highest BCUT2D eigenvalue weighted by molar-refractivity contribution is 7.09. The lowest BCUT2D eigenvalue weighted by atomic mass is 9.45. The Morgan fingerprint density at radius 2 is 1.94 bits per heavy atom. The van der Waals surface area contributed by atoms with Gasteiger partial charge in [-0.15, -0.1) is 11.3 Å². The Morgan fingerprint density at radius 1 is 1.16 bits per heavy atom. The molecule has 1 aliphatic heterocycles. The van der Waals surface area contributed by atoms with Crippen molar-refractivity contribution in [1.82, 2.24) is 15.7 Å². The van der Waals surface area contributed by atoms with Gasteiger partial charge in [0.15, 0.2) is 0 Å². The molecule has 2 amide bonds. The molecule has 0 spiro atoms. The van der Waals surface area contributed by atoms with Gasteiger partial charge in [0.25, 0.3) is 5.91 Å². The van der Waals surface area contributed by atoms with Crippen molar-refractivity contribution in [2.24, 2.45) is 29.1 Å². The van der Waals surface area contributed by atoms with Crippen LogP contribution in [0.25, 0.3) is 11.1 Å². The highest BCUT2D eigenvalue weighted by atomic mass is 32.1. The maximum absolute atomic E-state index is 14.2. The van der Waals surface area contributed by atoms with Crippen LogP contribution in [0.15, 0.2) is 53.9 Å². The van der Waals surface area contributed by atoms with Gasteiger partial charge in [-0.2, -0.15) is 5.06 Å². The summed E-state index contributed by atoms with van der Waals surface area (Å²) >= 11 is 1.68. The third-order valence-corrected chi connectivity index (χ3v) is 12.9. The van der Waals surface area contributed by atoms with Crippen LogP contribution in [0.5, 0.6) is 5.75 Å². The second kappa shape index (κ2) is 15.2. The largest absolute Gasteiger partial charge is 0.496 e. The van der Waals surface area contributed by atoms with Crippen molar-refractivity contribution >= 4 is 28.8 Å². The number of amides is 2. The lowest BCUT2D eigenvalue weighted by molar-refractivity contribution is -0.183. The summed E-state index contributed by atoms with van der Waals surface area (Å²) in [5, 5.41) is 31.3. The molecule has 51 heavy (non-hydrogen) atoms. The Kier molecular flexibility index (Phi) is 11.1. The lowest BCUT2D eigenvalue weighted by Gasteiger charge is -2.62. The van der Waals surface area contributed by atoms with E-state index in [-0.39, 0.29) is 36.4 Å². The Morgan fingerprint density at radius 3 is 2.57 bits per heavy atom. The molecule has 11 heteroatoms. The van der Waals surface area contributed by atoms with E-state index in [1.54, 1.807) is 30.4 Å². The third-order valence-electron chi connectivity index (χ3n) is 11.9. The molecular formula is C40H54N4O6S. The summed E-state index contributed by atoms with van der Waals surface area (Å²) in [5.74, 6) is 1.08. The van der Waals surface area contributed by atoms with Crippen LogP contribution in [0, 0.1) is 29.1 Å². The summed E-state index contributed by atoms with van der Waals surface area (Å²) in [6, 6.07) is 14.9. The maximum Gasteiger partial charge on any atom is 0.251 e. The normalized spacial score (nSPS) is 27.4. The molecule has 1 saturated heterocycles. The van der Waals surface area contributed by atoms with E-state index >= 15 is 0 Å². The number of ether oxygens (including phenoxy) is 1. The third kappa shape index (κ3) is 7.41. The van der Waals surface area contributed by atoms with Crippen LogP contribution in [0.3, 0.4) is 0 Å². The number of carbonyl (C=O) groups excluding carboxylic acids is 2. The first-order valence-corrected chi connectivity index (χ1v) is 19.0. The molecular weight excluding hydrogens is 665 g/mol. The van der Waals surface area contributed by atoms with E-state index in [0.717, 1.165) is 35.2 Å². The minimum atomic E-state index is -0.893. The first-order chi connectivity index (χ1) is 24.3. The molecule has 0 unspecified atom stereocenters. The number of rotatable bonds is 13. The second-order valence-electron chi connectivity index (χ2n) is 15.5. The Hall–Kier alpha value is -3.48. The van der Waals surface area contributed by atoms with E-state index in [9.17, 15) is 19.8 Å². The second-order valence-corrected chi connectivity index (χ2v) is 16.5. The highest BCUT2D eigenvalue weighted by Crippen LogP contribution is 2.61. The highest BCUT2D eigenvalue weighted by Gasteiger charge is 2.57. The number of nitrogens with one attached hydrogen (secondary N) is 2. The quantitative estimate of drug-likeness (QED) is 0.192. The van der Waals surface area contributed by atoms with E-state index in [4.69, 9.17) is 9.57 Å².